The minimum atomic E-state index is -0.0995. The zero-order valence-corrected chi connectivity index (χ0v) is 20.2. The molecule has 0 atom stereocenters. The molecule has 4 rings (SSSR count). The lowest BCUT2D eigenvalue weighted by atomic mass is 10.2. The van der Waals surface area contributed by atoms with E-state index < -0.39 is 0 Å². The van der Waals surface area contributed by atoms with Crippen LogP contribution >= 0.6 is 23.1 Å². The van der Waals surface area contributed by atoms with Crippen molar-refractivity contribution in [2.75, 3.05) is 12.0 Å². The van der Waals surface area contributed by atoms with Crippen molar-refractivity contribution in [3.8, 4) is 5.75 Å². The van der Waals surface area contributed by atoms with Gasteiger partial charge in [0, 0.05) is 21.9 Å². The van der Waals surface area contributed by atoms with E-state index in [1.807, 2.05) is 61.5 Å². The minimum Gasteiger partial charge on any atom is -0.494 e. The first kappa shape index (κ1) is 22.3. The second-order valence-corrected chi connectivity index (χ2v) is 10.3. The predicted molar refractivity (Wildman–Crippen MR) is 133 cm³/mol. The number of thiazole rings is 1. The van der Waals surface area contributed by atoms with Gasteiger partial charge in [0.05, 0.1) is 24.0 Å². The van der Waals surface area contributed by atoms with Crippen molar-refractivity contribution in [2.45, 2.75) is 37.5 Å². The van der Waals surface area contributed by atoms with Gasteiger partial charge in [0.1, 0.15) is 11.3 Å². The van der Waals surface area contributed by atoms with Crippen LogP contribution in [-0.4, -0.2) is 28.2 Å². The number of hydrogen-bond acceptors (Lipinski definition) is 6. The molecule has 0 unspecified atom stereocenters. The van der Waals surface area contributed by atoms with E-state index in [-0.39, 0.29) is 5.91 Å². The summed E-state index contributed by atoms with van der Waals surface area (Å²) in [6, 6.07) is 17.4. The predicted octanol–water partition coefficient (Wildman–Crippen LogP) is 6.36. The first-order valence-corrected chi connectivity index (χ1v) is 12.1. The number of rotatable bonds is 7. The molecule has 5 nitrogen and oxygen atoms in total. The molecule has 7 heteroatoms. The number of ether oxygens (including phenoxy) is 1. The first-order valence-electron chi connectivity index (χ1n) is 10.4. The summed E-state index contributed by atoms with van der Waals surface area (Å²) >= 11 is 3.24. The molecule has 2 heterocycles. The fraction of sp³-hybridized carbons (Fsp3) is 0.240. The maximum absolute atomic E-state index is 13.7. The zero-order chi connectivity index (χ0) is 22.7. The molecule has 0 fully saturated rings. The molecule has 0 aliphatic rings. The molecule has 0 saturated carbocycles. The number of aromatic nitrogens is 2. The summed E-state index contributed by atoms with van der Waals surface area (Å²) in [5.41, 5.74) is 3.31. The lowest BCUT2D eigenvalue weighted by Crippen LogP contribution is -2.30. The Hall–Kier alpha value is -2.90. The Morgan fingerprint density at radius 1 is 1.16 bits per heavy atom. The van der Waals surface area contributed by atoms with Gasteiger partial charge in [-0.2, -0.15) is 0 Å². The number of benzene rings is 2. The van der Waals surface area contributed by atoms with Crippen LogP contribution < -0.4 is 9.64 Å². The molecule has 2 aromatic heterocycles. The molecule has 0 aliphatic heterocycles. The number of amides is 1. The summed E-state index contributed by atoms with van der Waals surface area (Å²) < 4.78 is 6.53. The van der Waals surface area contributed by atoms with Crippen LogP contribution in [0.1, 0.15) is 35.5 Å². The SMILES string of the molecule is COc1ccc(C)c2sc(N(Cc3ccccn3)C(=O)c3cccc(SC(C)C)c3)nc12. The third-order valence-corrected chi connectivity index (χ3v) is 7.10. The fourth-order valence-corrected chi connectivity index (χ4v) is 5.33. The number of methoxy groups -OCH3 is 1. The van der Waals surface area contributed by atoms with Gasteiger partial charge in [0.2, 0.25) is 0 Å². The highest BCUT2D eigenvalue weighted by Crippen LogP contribution is 2.37. The highest BCUT2D eigenvalue weighted by molar-refractivity contribution is 7.99. The summed E-state index contributed by atoms with van der Waals surface area (Å²) in [5, 5.41) is 1.06. The molecule has 0 bridgehead atoms. The number of carbonyl (C=O) groups excluding carboxylic acids is 1. The molecule has 0 aliphatic carbocycles. The van der Waals surface area contributed by atoms with E-state index in [1.165, 1.54) is 11.3 Å². The van der Waals surface area contributed by atoms with Crippen LogP contribution in [0.25, 0.3) is 10.2 Å². The highest BCUT2D eigenvalue weighted by atomic mass is 32.2. The van der Waals surface area contributed by atoms with Gasteiger partial charge >= 0.3 is 0 Å². The Labute approximate surface area is 196 Å². The fourth-order valence-electron chi connectivity index (χ4n) is 3.39. The van der Waals surface area contributed by atoms with E-state index in [0.29, 0.717) is 28.2 Å². The number of hydrogen-bond donors (Lipinski definition) is 0. The van der Waals surface area contributed by atoms with Gasteiger partial charge in [-0.1, -0.05) is 43.4 Å². The summed E-state index contributed by atoms with van der Waals surface area (Å²) in [4.78, 5) is 25.8. The van der Waals surface area contributed by atoms with Crippen LogP contribution in [0.4, 0.5) is 5.13 Å². The van der Waals surface area contributed by atoms with E-state index in [9.17, 15) is 4.79 Å². The third kappa shape index (κ3) is 4.79. The Bertz CT molecular complexity index is 1240. The van der Waals surface area contributed by atoms with Crippen molar-refractivity contribution in [2.24, 2.45) is 0 Å². The lowest BCUT2D eigenvalue weighted by molar-refractivity contribution is 0.0984. The second-order valence-electron chi connectivity index (χ2n) is 7.67. The third-order valence-electron chi connectivity index (χ3n) is 4.89. The van der Waals surface area contributed by atoms with Crippen LogP contribution in [0.5, 0.6) is 5.75 Å². The van der Waals surface area contributed by atoms with E-state index >= 15 is 0 Å². The zero-order valence-electron chi connectivity index (χ0n) is 18.5. The normalized spacial score (nSPS) is 11.2. The van der Waals surface area contributed by atoms with Crippen molar-refractivity contribution in [1.82, 2.24) is 9.97 Å². The molecule has 0 saturated heterocycles. The number of fused-ring (bicyclic) bond motifs is 1. The monoisotopic (exact) mass is 463 g/mol. The smallest absolute Gasteiger partial charge is 0.260 e. The number of aryl methyl sites for hydroxylation is 1. The van der Waals surface area contributed by atoms with Gasteiger partial charge in [-0.15, -0.1) is 11.8 Å². The van der Waals surface area contributed by atoms with Crippen molar-refractivity contribution in [3.05, 3.63) is 77.6 Å². The quantitative estimate of drug-likeness (QED) is 0.299. The molecule has 1 amide bonds. The second kappa shape index (κ2) is 9.71. The number of anilines is 1. The van der Waals surface area contributed by atoms with Crippen LogP contribution in [0, 0.1) is 6.92 Å². The molecule has 0 radical (unpaired) electrons. The van der Waals surface area contributed by atoms with Gasteiger partial charge in [0.25, 0.3) is 5.91 Å². The van der Waals surface area contributed by atoms with Crippen LogP contribution in [0.15, 0.2) is 65.7 Å². The van der Waals surface area contributed by atoms with Crippen LogP contribution in [0.2, 0.25) is 0 Å². The molecule has 0 N–H and O–H groups in total. The van der Waals surface area contributed by atoms with Gasteiger partial charge in [-0.25, -0.2) is 4.98 Å². The standard InChI is InChI=1S/C25H25N3O2S2/c1-16(2)31-20-10-7-8-18(14-20)24(29)28(15-19-9-5-6-13-26-19)25-27-22-21(30-4)12-11-17(3)23(22)32-25/h5-14,16H,15H2,1-4H3. The molecule has 4 aromatic rings. The lowest BCUT2D eigenvalue weighted by Gasteiger charge is -2.20. The van der Waals surface area contributed by atoms with Crippen molar-refractivity contribution in [3.63, 3.8) is 0 Å². The number of thioether (sulfide) groups is 1. The number of carbonyl (C=O) groups is 1. The molecular weight excluding hydrogens is 438 g/mol. The maximum Gasteiger partial charge on any atom is 0.260 e. The molecule has 0 spiro atoms. The van der Waals surface area contributed by atoms with Crippen LogP contribution in [-0.2, 0) is 6.54 Å². The molecule has 2 aromatic carbocycles. The Morgan fingerprint density at radius 3 is 2.72 bits per heavy atom. The first-order chi connectivity index (χ1) is 15.5. The summed E-state index contributed by atoms with van der Waals surface area (Å²) in [7, 11) is 1.64. The average Bonchev–Trinajstić information content (AvgIpc) is 3.24. The molecule has 32 heavy (non-hydrogen) atoms. The summed E-state index contributed by atoms with van der Waals surface area (Å²) in [6.07, 6.45) is 1.74. The summed E-state index contributed by atoms with van der Waals surface area (Å²) in [6.45, 7) is 6.66. The van der Waals surface area contributed by atoms with Gasteiger partial charge in [-0.05, 0) is 48.9 Å². The van der Waals surface area contributed by atoms with Gasteiger partial charge in [-0.3, -0.25) is 14.7 Å². The molecule has 164 valence electrons. The Morgan fingerprint density at radius 2 is 2.00 bits per heavy atom. The Kier molecular flexibility index (Phi) is 6.77. The number of pyridine rings is 1. The van der Waals surface area contributed by atoms with Crippen molar-refractivity contribution in [1.29, 1.82) is 0 Å². The van der Waals surface area contributed by atoms with Crippen molar-refractivity contribution < 1.29 is 9.53 Å². The highest BCUT2D eigenvalue weighted by Gasteiger charge is 2.24. The van der Waals surface area contributed by atoms with E-state index in [1.54, 1.807) is 30.0 Å². The van der Waals surface area contributed by atoms with Gasteiger partial charge < -0.3 is 4.74 Å². The van der Waals surface area contributed by atoms with Crippen molar-refractivity contribution >= 4 is 44.4 Å². The largest absolute Gasteiger partial charge is 0.494 e. The molecular formula is C25H25N3O2S2. The van der Waals surface area contributed by atoms with E-state index in [0.717, 1.165) is 26.4 Å². The van der Waals surface area contributed by atoms with Gasteiger partial charge in [0.15, 0.2) is 5.13 Å². The number of nitrogens with zero attached hydrogens (tertiary/aromatic N) is 3. The average molecular weight is 464 g/mol. The Balaban J connectivity index is 1.78. The van der Waals surface area contributed by atoms with E-state index in [2.05, 4.69) is 18.8 Å². The summed E-state index contributed by atoms with van der Waals surface area (Å²) in [5.74, 6) is 0.603. The maximum atomic E-state index is 13.7. The van der Waals surface area contributed by atoms with E-state index in [4.69, 9.17) is 9.72 Å². The topological polar surface area (TPSA) is 55.3 Å². The minimum absolute atomic E-state index is 0.0995. The van der Waals surface area contributed by atoms with Crippen LogP contribution in [0.3, 0.4) is 0 Å².